The van der Waals surface area contributed by atoms with Gasteiger partial charge in [0.15, 0.2) is 0 Å². The lowest BCUT2D eigenvalue weighted by atomic mass is 10.1. The van der Waals surface area contributed by atoms with Crippen molar-refractivity contribution < 1.29 is 0 Å². The number of fused-ring (bicyclic) bond motifs is 1. The standard InChI is InChI=1S/C22H21ClN4O/c1-15-20-13-17(14-24-12-11-16-5-3-2-4-6-16)22(28)25-21(20)27(26-15)19-9-7-18(23)8-10-19/h2-10,13,24H,11-12,14H2,1H3,(H,25,28). The van der Waals surface area contributed by atoms with Gasteiger partial charge in [-0.1, -0.05) is 41.9 Å². The molecule has 2 N–H and O–H groups in total. The van der Waals surface area contributed by atoms with Crippen molar-refractivity contribution in [2.24, 2.45) is 0 Å². The Bertz CT molecular complexity index is 1150. The van der Waals surface area contributed by atoms with Crippen molar-refractivity contribution in [1.82, 2.24) is 20.1 Å². The summed E-state index contributed by atoms with van der Waals surface area (Å²) in [6, 6.07) is 19.6. The van der Waals surface area contributed by atoms with Crippen LogP contribution in [0.15, 0.2) is 65.5 Å². The van der Waals surface area contributed by atoms with E-state index in [1.807, 2.05) is 55.5 Å². The van der Waals surface area contributed by atoms with Crippen LogP contribution in [0, 0.1) is 6.92 Å². The van der Waals surface area contributed by atoms with Crippen molar-refractivity contribution in [1.29, 1.82) is 0 Å². The Kier molecular flexibility index (Phi) is 5.28. The van der Waals surface area contributed by atoms with Gasteiger partial charge in [-0.05, 0) is 55.8 Å². The molecule has 0 spiro atoms. The maximum Gasteiger partial charge on any atom is 0.254 e. The monoisotopic (exact) mass is 392 g/mol. The van der Waals surface area contributed by atoms with E-state index in [0.29, 0.717) is 22.8 Å². The number of aromatic amines is 1. The van der Waals surface area contributed by atoms with Gasteiger partial charge in [0, 0.05) is 22.5 Å². The second-order valence-electron chi connectivity index (χ2n) is 6.77. The van der Waals surface area contributed by atoms with Gasteiger partial charge in [0.05, 0.1) is 11.4 Å². The van der Waals surface area contributed by atoms with Gasteiger partial charge >= 0.3 is 0 Å². The number of hydrogen-bond donors (Lipinski definition) is 2. The van der Waals surface area contributed by atoms with Crippen LogP contribution in [0.2, 0.25) is 5.02 Å². The number of pyridine rings is 1. The molecule has 0 saturated heterocycles. The van der Waals surface area contributed by atoms with Crippen molar-refractivity contribution in [2.45, 2.75) is 19.9 Å². The summed E-state index contributed by atoms with van der Waals surface area (Å²) in [5, 5.41) is 9.55. The quantitative estimate of drug-likeness (QED) is 0.487. The van der Waals surface area contributed by atoms with E-state index in [2.05, 4.69) is 27.5 Å². The molecule has 0 saturated carbocycles. The van der Waals surface area contributed by atoms with Crippen LogP contribution in [-0.4, -0.2) is 21.3 Å². The number of rotatable bonds is 6. The van der Waals surface area contributed by atoms with Crippen LogP contribution in [-0.2, 0) is 13.0 Å². The van der Waals surface area contributed by atoms with Gasteiger partial charge in [-0.3, -0.25) is 4.79 Å². The number of aryl methyl sites for hydroxylation is 1. The molecule has 0 unspecified atom stereocenters. The van der Waals surface area contributed by atoms with E-state index in [1.165, 1.54) is 5.56 Å². The molecule has 5 nitrogen and oxygen atoms in total. The molecular weight excluding hydrogens is 372 g/mol. The summed E-state index contributed by atoms with van der Waals surface area (Å²) >= 11 is 5.97. The summed E-state index contributed by atoms with van der Waals surface area (Å²) in [5.41, 5.74) is 4.30. The summed E-state index contributed by atoms with van der Waals surface area (Å²) in [4.78, 5) is 15.6. The Hall–Kier alpha value is -2.89. The van der Waals surface area contributed by atoms with E-state index in [1.54, 1.807) is 4.68 Å². The fourth-order valence-electron chi connectivity index (χ4n) is 3.26. The van der Waals surface area contributed by atoms with Gasteiger partial charge in [-0.15, -0.1) is 0 Å². The molecule has 4 aromatic rings. The highest BCUT2D eigenvalue weighted by Crippen LogP contribution is 2.21. The number of H-pyrrole nitrogens is 1. The molecule has 6 heteroatoms. The van der Waals surface area contributed by atoms with Crippen LogP contribution in [0.5, 0.6) is 0 Å². The number of nitrogens with one attached hydrogen (secondary N) is 2. The van der Waals surface area contributed by atoms with Crippen molar-refractivity contribution in [3.8, 4) is 5.69 Å². The molecule has 0 fully saturated rings. The molecule has 0 aliphatic carbocycles. The minimum Gasteiger partial charge on any atom is -0.312 e. The van der Waals surface area contributed by atoms with Gasteiger partial charge in [-0.25, -0.2) is 4.68 Å². The first-order valence-corrected chi connectivity index (χ1v) is 9.62. The Balaban J connectivity index is 1.54. The summed E-state index contributed by atoms with van der Waals surface area (Å²) in [7, 11) is 0. The minimum absolute atomic E-state index is 0.102. The summed E-state index contributed by atoms with van der Waals surface area (Å²) in [5.74, 6) is 0. The van der Waals surface area contributed by atoms with Crippen molar-refractivity contribution >= 4 is 22.6 Å². The third-order valence-electron chi connectivity index (χ3n) is 4.77. The van der Waals surface area contributed by atoms with Gasteiger partial charge in [0.25, 0.3) is 5.56 Å². The van der Waals surface area contributed by atoms with Crippen molar-refractivity contribution in [2.75, 3.05) is 6.54 Å². The number of nitrogens with zero attached hydrogens (tertiary/aromatic N) is 2. The molecular formula is C22H21ClN4O. The van der Waals surface area contributed by atoms with Crippen molar-refractivity contribution in [3.05, 3.63) is 92.9 Å². The smallest absolute Gasteiger partial charge is 0.254 e. The molecule has 0 atom stereocenters. The molecule has 28 heavy (non-hydrogen) atoms. The highest BCUT2D eigenvalue weighted by atomic mass is 35.5. The van der Waals surface area contributed by atoms with E-state index < -0.39 is 0 Å². The molecule has 0 aliphatic heterocycles. The highest BCUT2D eigenvalue weighted by molar-refractivity contribution is 6.30. The molecule has 0 bridgehead atoms. The number of aromatic nitrogens is 3. The number of benzene rings is 2. The number of halogens is 1. The topological polar surface area (TPSA) is 62.7 Å². The van der Waals surface area contributed by atoms with Crippen LogP contribution in [0.1, 0.15) is 16.8 Å². The lowest BCUT2D eigenvalue weighted by Crippen LogP contribution is -2.23. The van der Waals surface area contributed by atoms with E-state index in [4.69, 9.17) is 11.6 Å². The van der Waals surface area contributed by atoms with Gasteiger partial charge < -0.3 is 10.3 Å². The Morgan fingerprint density at radius 3 is 2.61 bits per heavy atom. The normalized spacial score (nSPS) is 11.2. The molecule has 2 heterocycles. The fraction of sp³-hybridized carbons (Fsp3) is 0.182. The van der Waals surface area contributed by atoms with Crippen molar-refractivity contribution in [3.63, 3.8) is 0 Å². The fourth-order valence-corrected chi connectivity index (χ4v) is 3.39. The first kappa shape index (κ1) is 18.5. The Morgan fingerprint density at radius 1 is 1.11 bits per heavy atom. The third-order valence-corrected chi connectivity index (χ3v) is 5.02. The largest absolute Gasteiger partial charge is 0.312 e. The highest BCUT2D eigenvalue weighted by Gasteiger charge is 2.12. The molecule has 142 valence electrons. The van der Waals surface area contributed by atoms with Crippen LogP contribution in [0.25, 0.3) is 16.7 Å². The zero-order valence-corrected chi connectivity index (χ0v) is 16.3. The molecule has 0 aliphatic rings. The second-order valence-corrected chi connectivity index (χ2v) is 7.21. The van der Waals surface area contributed by atoms with Gasteiger partial charge in [0.1, 0.15) is 5.65 Å². The van der Waals surface area contributed by atoms with Crippen LogP contribution >= 0.6 is 11.6 Å². The average Bonchev–Trinajstić information content (AvgIpc) is 3.02. The molecule has 0 amide bonds. The first-order valence-electron chi connectivity index (χ1n) is 9.24. The maximum atomic E-state index is 12.6. The first-order chi connectivity index (χ1) is 13.6. The Labute approximate surface area is 168 Å². The van der Waals surface area contributed by atoms with Crippen LogP contribution in [0.3, 0.4) is 0 Å². The molecule has 0 radical (unpaired) electrons. The zero-order valence-electron chi connectivity index (χ0n) is 15.6. The predicted molar refractivity (Wildman–Crippen MR) is 113 cm³/mol. The maximum absolute atomic E-state index is 12.6. The average molecular weight is 393 g/mol. The number of hydrogen-bond acceptors (Lipinski definition) is 3. The van der Waals surface area contributed by atoms with Gasteiger partial charge in [0.2, 0.25) is 0 Å². The van der Waals surface area contributed by atoms with E-state index in [0.717, 1.165) is 29.7 Å². The SMILES string of the molecule is Cc1nn(-c2ccc(Cl)cc2)c2[nH]c(=O)c(CNCCc3ccccc3)cc12. The predicted octanol–water partition coefficient (Wildman–Crippen LogP) is 4.01. The minimum atomic E-state index is -0.102. The lowest BCUT2D eigenvalue weighted by Gasteiger charge is -2.06. The van der Waals surface area contributed by atoms with E-state index in [9.17, 15) is 4.79 Å². The summed E-state index contributed by atoms with van der Waals surface area (Å²) in [6.07, 6.45) is 0.925. The molecule has 4 rings (SSSR count). The van der Waals surface area contributed by atoms with E-state index in [-0.39, 0.29) is 5.56 Å². The molecule has 2 aromatic heterocycles. The Morgan fingerprint density at radius 2 is 1.86 bits per heavy atom. The van der Waals surface area contributed by atoms with Gasteiger partial charge in [-0.2, -0.15) is 5.10 Å². The van der Waals surface area contributed by atoms with Crippen LogP contribution < -0.4 is 10.9 Å². The third kappa shape index (κ3) is 3.86. The zero-order chi connectivity index (χ0) is 19.5. The van der Waals surface area contributed by atoms with E-state index >= 15 is 0 Å². The lowest BCUT2D eigenvalue weighted by molar-refractivity contribution is 0.682. The summed E-state index contributed by atoms with van der Waals surface area (Å²) in [6.45, 7) is 3.27. The second kappa shape index (κ2) is 8.00. The summed E-state index contributed by atoms with van der Waals surface area (Å²) < 4.78 is 1.75. The molecule has 2 aromatic carbocycles. The van der Waals surface area contributed by atoms with Crippen LogP contribution in [0.4, 0.5) is 0 Å².